The van der Waals surface area contributed by atoms with Crippen LogP contribution in [-0.4, -0.2) is 32.7 Å². The molecule has 0 fully saturated rings. The molecule has 0 spiro atoms. The van der Waals surface area contributed by atoms with Gasteiger partial charge < -0.3 is 9.72 Å². The van der Waals surface area contributed by atoms with Crippen LogP contribution >= 0.6 is 12.4 Å². The Bertz CT molecular complexity index is 1260. The Kier molecular flexibility index (Phi) is 5.06. The Morgan fingerprint density at radius 2 is 1.90 bits per heavy atom. The number of aryl methyl sites for hydroxylation is 2. The number of nitrogens with zero attached hydrogens (tertiary/aromatic N) is 4. The minimum atomic E-state index is -0.264. The molecule has 0 amide bonds. The maximum atomic E-state index is 14.9. The van der Waals surface area contributed by atoms with Crippen molar-refractivity contribution in [2.75, 3.05) is 13.1 Å². The Labute approximate surface area is 174 Å². The van der Waals surface area contributed by atoms with Gasteiger partial charge in [-0.05, 0) is 67.8 Å². The summed E-state index contributed by atoms with van der Waals surface area (Å²) in [5.41, 5.74) is 7.08. The van der Waals surface area contributed by atoms with Crippen molar-refractivity contribution in [3.8, 4) is 11.3 Å². The molecule has 0 aliphatic carbocycles. The number of hydrogen-bond acceptors (Lipinski definition) is 4. The van der Waals surface area contributed by atoms with Gasteiger partial charge in [-0.2, -0.15) is 0 Å². The van der Waals surface area contributed by atoms with E-state index in [9.17, 15) is 4.39 Å². The fraction of sp³-hybridized carbons (Fsp3) is 0.227. The van der Waals surface area contributed by atoms with Crippen LogP contribution in [0.15, 0.2) is 42.7 Å². The maximum Gasteiger partial charge on any atom is 0.139 e. The predicted molar refractivity (Wildman–Crippen MR) is 116 cm³/mol. The van der Waals surface area contributed by atoms with Crippen molar-refractivity contribution >= 4 is 34.5 Å². The van der Waals surface area contributed by atoms with Crippen molar-refractivity contribution in [1.29, 1.82) is 0 Å². The van der Waals surface area contributed by atoms with Gasteiger partial charge in [-0.1, -0.05) is 6.08 Å². The molecule has 4 aromatic rings. The number of hydrogen-bond donors (Lipinski definition) is 1. The quantitative estimate of drug-likeness (QED) is 0.529. The summed E-state index contributed by atoms with van der Waals surface area (Å²) in [4.78, 5) is 4.52. The molecule has 1 aromatic carbocycles. The second-order valence-corrected chi connectivity index (χ2v) is 7.33. The molecule has 1 aliphatic heterocycles. The highest BCUT2D eigenvalue weighted by Crippen LogP contribution is 2.28. The molecule has 0 saturated carbocycles. The van der Waals surface area contributed by atoms with E-state index in [1.165, 1.54) is 0 Å². The van der Waals surface area contributed by atoms with Crippen LogP contribution in [0.2, 0.25) is 0 Å². The SMILES string of the molecule is Cc1cn2cc(-c3cc4c(F)cc(C5=CCNCC5)cc4nn3)cc(C)c2n1.Cl. The van der Waals surface area contributed by atoms with E-state index in [1.54, 1.807) is 12.1 Å². The van der Waals surface area contributed by atoms with Gasteiger partial charge in [0, 0.05) is 29.9 Å². The average molecular weight is 410 g/mol. The van der Waals surface area contributed by atoms with E-state index in [-0.39, 0.29) is 18.2 Å². The van der Waals surface area contributed by atoms with E-state index in [0.717, 1.165) is 53.1 Å². The summed E-state index contributed by atoms with van der Waals surface area (Å²) < 4.78 is 16.9. The summed E-state index contributed by atoms with van der Waals surface area (Å²) in [5.74, 6) is -0.264. The number of benzene rings is 1. The van der Waals surface area contributed by atoms with E-state index in [1.807, 2.05) is 42.8 Å². The lowest BCUT2D eigenvalue weighted by molar-refractivity contribution is 0.638. The summed E-state index contributed by atoms with van der Waals surface area (Å²) in [6, 6.07) is 7.34. The van der Waals surface area contributed by atoms with Crippen molar-refractivity contribution in [3.63, 3.8) is 0 Å². The molecule has 5 rings (SSSR count). The molecule has 0 radical (unpaired) electrons. The van der Waals surface area contributed by atoms with E-state index >= 15 is 0 Å². The number of halogens is 2. The monoisotopic (exact) mass is 409 g/mol. The third-order valence-electron chi connectivity index (χ3n) is 5.24. The van der Waals surface area contributed by atoms with Gasteiger partial charge in [-0.25, -0.2) is 9.37 Å². The number of imidazole rings is 1. The van der Waals surface area contributed by atoms with Gasteiger partial charge in [0.1, 0.15) is 11.5 Å². The van der Waals surface area contributed by atoms with Crippen molar-refractivity contribution in [1.82, 2.24) is 24.9 Å². The van der Waals surface area contributed by atoms with Crippen LogP contribution in [0, 0.1) is 19.7 Å². The van der Waals surface area contributed by atoms with E-state index in [2.05, 4.69) is 26.6 Å². The zero-order valence-electron chi connectivity index (χ0n) is 16.2. The Morgan fingerprint density at radius 3 is 2.69 bits per heavy atom. The van der Waals surface area contributed by atoms with Gasteiger partial charge in [0.2, 0.25) is 0 Å². The zero-order chi connectivity index (χ0) is 19.3. The second kappa shape index (κ2) is 7.54. The average Bonchev–Trinajstić information content (AvgIpc) is 3.09. The highest BCUT2D eigenvalue weighted by molar-refractivity contribution is 5.86. The molecule has 4 heterocycles. The highest BCUT2D eigenvalue weighted by atomic mass is 35.5. The van der Waals surface area contributed by atoms with Gasteiger partial charge in [0.25, 0.3) is 0 Å². The fourth-order valence-corrected chi connectivity index (χ4v) is 3.84. The third kappa shape index (κ3) is 3.50. The van der Waals surface area contributed by atoms with Crippen molar-refractivity contribution in [2.24, 2.45) is 0 Å². The van der Waals surface area contributed by atoms with Crippen LogP contribution in [0.5, 0.6) is 0 Å². The fourth-order valence-electron chi connectivity index (χ4n) is 3.84. The van der Waals surface area contributed by atoms with Crippen LogP contribution in [0.1, 0.15) is 23.2 Å². The minimum Gasteiger partial charge on any atom is -0.313 e. The lowest BCUT2D eigenvalue weighted by Crippen LogP contribution is -2.20. The molecule has 29 heavy (non-hydrogen) atoms. The normalized spacial score (nSPS) is 14.1. The number of fused-ring (bicyclic) bond motifs is 2. The van der Waals surface area contributed by atoms with Crippen LogP contribution in [-0.2, 0) is 0 Å². The summed E-state index contributed by atoms with van der Waals surface area (Å²) in [5, 5.41) is 12.5. The highest BCUT2D eigenvalue weighted by Gasteiger charge is 2.13. The van der Waals surface area contributed by atoms with Crippen LogP contribution < -0.4 is 5.32 Å². The summed E-state index contributed by atoms with van der Waals surface area (Å²) >= 11 is 0. The van der Waals surface area contributed by atoms with Crippen LogP contribution in [0.4, 0.5) is 4.39 Å². The van der Waals surface area contributed by atoms with Gasteiger partial charge in [0.15, 0.2) is 0 Å². The topological polar surface area (TPSA) is 55.1 Å². The van der Waals surface area contributed by atoms with E-state index in [4.69, 9.17) is 0 Å². The van der Waals surface area contributed by atoms with Crippen molar-refractivity contribution in [2.45, 2.75) is 20.3 Å². The molecule has 0 saturated heterocycles. The summed E-state index contributed by atoms with van der Waals surface area (Å²) in [6.45, 7) is 5.70. The molecule has 1 N–H and O–H groups in total. The maximum absolute atomic E-state index is 14.9. The first-order valence-electron chi connectivity index (χ1n) is 9.42. The lowest BCUT2D eigenvalue weighted by Gasteiger charge is -2.15. The van der Waals surface area contributed by atoms with Gasteiger partial charge in [0.05, 0.1) is 16.9 Å². The molecule has 0 unspecified atom stereocenters. The van der Waals surface area contributed by atoms with E-state index < -0.39 is 0 Å². The zero-order valence-corrected chi connectivity index (χ0v) is 17.1. The smallest absolute Gasteiger partial charge is 0.139 e. The molecule has 148 valence electrons. The summed E-state index contributed by atoms with van der Waals surface area (Å²) in [6.07, 6.45) is 6.93. The van der Waals surface area contributed by atoms with Crippen LogP contribution in [0.25, 0.3) is 33.4 Å². The van der Waals surface area contributed by atoms with E-state index in [0.29, 0.717) is 16.6 Å². The minimum absolute atomic E-state index is 0. The first-order chi connectivity index (χ1) is 13.6. The molecule has 1 aliphatic rings. The standard InChI is InChI=1S/C22H20FN5.ClH/c1-13-7-17(12-28-11-14(2)25-22(13)28)20-10-18-19(23)8-16(9-21(18)27-26-20)15-3-5-24-6-4-15;/h3,7-12,24H,4-6H2,1-2H3;1H. The molecule has 5 nitrogen and oxygen atoms in total. The molecule has 0 atom stereocenters. The number of aromatic nitrogens is 4. The molecule has 0 bridgehead atoms. The van der Waals surface area contributed by atoms with Crippen molar-refractivity contribution < 1.29 is 4.39 Å². The Hall–Kier alpha value is -2.83. The van der Waals surface area contributed by atoms with Gasteiger partial charge >= 0.3 is 0 Å². The lowest BCUT2D eigenvalue weighted by atomic mass is 9.98. The third-order valence-corrected chi connectivity index (χ3v) is 5.24. The van der Waals surface area contributed by atoms with Crippen LogP contribution in [0.3, 0.4) is 0 Å². The number of nitrogens with one attached hydrogen (secondary N) is 1. The summed E-state index contributed by atoms with van der Waals surface area (Å²) in [7, 11) is 0. The molecule has 7 heteroatoms. The first-order valence-corrected chi connectivity index (χ1v) is 9.42. The number of rotatable bonds is 2. The molecule has 3 aromatic heterocycles. The molecular weight excluding hydrogens is 389 g/mol. The largest absolute Gasteiger partial charge is 0.313 e. The molecular formula is C22H21ClFN5. The van der Waals surface area contributed by atoms with Gasteiger partial charge in [-0.3, -0.25) is 0 Å². The first kappa shape index (κ1) is 19.5. The predicted octanol–water partition coefficient (Wildman–Crippen LogP) is 4.50. The Balaban J connectivity index is 0.00000205. The Morgan fingerprint density at radius 1 is 1.03 bits per heavy atom. The van der Waals surface area contributed by atoms with Crippen molar-refractivity contribution in [3.05, 3.63) is 65.4 Å². The number of pyridine rings is 1. The van der Waals surface area contributed by atoms with Gasteiger partial charge in [-0.15, -0.1) is 22.6 Å². The second-order valence-electron chi connectivity index (χ2n) is 7.33.